The summed E-state index contributed by atoms with van der Waals surface area (Å²) in [6, 6.07) is 10.2. The number of hydrogen-bond acceptors (Lipinski definition) is 2. The molecule has 0 radical (unpaired) electrons. The summed E-state index contributed by atoms with van der Waals surface area (Å²) in [4.78, 5) is 4.66. The lowest BCUT2D eigenvalue weighted by atomic mass is 10.1. The molecule has 0 amide bonds. The molecule has 12 heavy (non-hydrogen) atoms. The first-order valence-corrected chi connectivity index (χ1v) is 3.93. The van der Waals surface area contributed by atoms with Crippen LogP contribution in [0.5, 0.6) is 0 Å². The molecule has 2 nitrogen and oxygen atoms in total. The fourth-order valence-electron chi connectivity index (χ4n) is 1.08. The van der Waals surface area contributed by atoms with E-state index in [1.54, 1.807) is 7.11 Å². The van der Waals surface area contributed by atoms with Gasteiger partial charge in [0, 0.05) is 6.42 Å². The van der Waals surface area contributed by atoms with Gasteiger partial charge in [0.15, 0.2) is 0 Å². The van der Waals surface area contributed by atoms with E-state index >= 15 is 0 Å². The number of nitrogens with zero attached hydrogens (tertiary/aromatic N) is 1. The van der Waals surface area contributed by atoms with E-state index in [4.69, 9.17) is 0 Å². The molecule has 0 fully saturated rings. The zero-order chi connectivity index (χ0) is 8.81. The van der Waals surface area contributed by atoms with Crippen LogP contribution in [0.4, 0.5) is 0 Å². The van der Waals surface area contributed by atoms with E-state index in [1.165, 1.54) is 5.56 Å². The molecule has 0 aliphatic heterocycles. The van der Waals surface area contributed by atoms with Gasteiger partial charge in [0.2, 0.25) is 0 Å². The van der Waals surface area contributed by atoms with Crippen molar-refractivity contribution in [2.75, 3.05) is 7.11 Å². The van der Waals surface area contributed by atoms with Crippen molar-refractivity contribution in [3.63, 3.8) is 0 Å². The summed E-state index contributed by atoms with van der Waals surface area (Å²) in [6.07, 6.45) is 0.856. The van der Waals surface area contributed by atoms with Crippen molar-refractivity contribution in [1.29, 1.82) is 0 Å². The van der Waals surface area contributed by atoms with Gasteiger partial charge in [-0.1, -0.05) is 35.5 Å². The van der Waals surface area contributed by atoms with Crippen molar-refractivity contribution in [2.45, 2.75) is 13.3 Å². The highest BCUT2D eigenvalue weighted by molar-refractivity contribution is 5.83. The molecule has 64 valence electrons. The first-order chi connectivity index (χ1) is 5.83. The lowest BCUT2D eigenvalue weighted by Gasteiger charge is -1.98. The van der Waals surface area contributed by atoms with Crippen molar-refractivity contribution in [1.82, 2.24) is 0 Å². The van der Waals surface area contributed by atoms with Crippen molar-refractivity contribution in [3.8, 4) is 0 Å². The third-order valence-corrected chi connectivity index (χ3v) is 1.55. The molecule has 1 aromatic carbocycles. The van der Waals surface area contributed by atoms with Gasteiger partial charge in [-0.05, 0) is 12.5 Å². The average Bonchev–Trinajstić information content (AvgIpc) is 2.06. The minimum absolute atomic E-state index is 0.856. The highest BCUT2D eigenvalue weighted by Gasteiger charge is 1.94. The first kappa shape index (κ1) is 8.78. The maximum atomic E-state index is 4.66. The van der Waals surface area contributed by atoms with Crippen LogP contribution >= 0.6 is 0 Å². The maximum absolute atomic E-state index is 4.66. The molecule has 0 N–H and O–H groups in total. The second-order valence-corrected chi connectivity index (χ2v) is 2.67. The Bertz CT molecular complexity index is 254. The molecule has 0 atom stereocenters. The lowest BCUT2D eigenvalue weighted by molar-refractivity contribution is 0.212. The average molecular weight is 163 g/mol. The van der Waals surface area contributed by atoms with Gasteiger partial charge in [0.1, 0.15) is 7.11 Å². The molecule has 0 bridgehead atoms. The van der Waals surface area contributed by atoms with Gasteiger partial charge in [0.25, 0.3) is 0 Å². The van der Waals surface area contributed by atoms with Gasteiger partial charge in [-0.15, -0.1) is 0 Å². The second kappa shape index (κ2) is 4.54. The monoisotopic (exact) mass is 163 g/mol. The third-order valence-electron chi connectivity index (χ3n) is 1.55. The number of hydrogen-bond donors (Lipinski definition) is 0. The highest BCUT2D eigenvalue weighted by atomic mass is 16.6. The van der Waals surface area contributed by atoms with E-state index < -0.39 is 0 Å². The minimum Gasteiger partial charge on any atom is -0.399 e. The Morgan fingerprint density at radius 3 is 2.58 bits per heavy atom. The molecule has 0 aromatic heterocycles. The van der Waals surface area contributed by atoms with Gasteiger partial charge in [-0.2, -0.15) is 0 Å². The Balaban J connectivity index is 2.58. The molecular weight excluding hydrogens is 150 g/mol. The Kier molecular flexibility index (Phi) is 3.33. The first-order valence-electron chi connectivity index (χ1n) is 3.93. The van der Waals surface area contributed by atoms with Gasteiger partial charge < -0.3 is 4.84 Å². The fourth-order valence-corrected chi connectivity index (χ4v) is 1.08. The largest absolute Gasteiger partial charge is 0.399 e. The lowest BCUT2D eigenvalue weighted by Crippen LogP contribution is -1.97. The summed E-state index contributed by atoms with van der Waals surface area (Å²) in [6.45, 7) is 1.95. The number of oxime groups is 1. The zero-order valence-corrected chi connectivity index (χ0v) is 7.45. The molecule has 0 heterocycles. The second-order valence-electron chi connectivity index (χ2n) is 2.67. The molecule has 0 aliphatic carbocycles. The van der Waals surface area contributed by atoms with E-state index in [0.29, 0.717) is 0 Å². The summed E-state index contributed by atoms with van der Waals surface area (Å²) in [5, 5.41) is 3.84. The van der Waals surface area contributed by atoms with Crippen LogP contribution in [-0.4, -0.2) is 12.8 Å². The van der Waals surface area contributed by atoms with Crippen LogP contribution in [0.3, 0.4) is 0 Å². The smallest absolute Gasteiger partial charge is 0.106 e. The van der Waals surface area contributed by atoms with Crippen LogP contribution in [0.15, 0.2) is 35.5 Å². The van der Waals surface area contributed by atoms with Crippen molar-refractivity contribution < 1.29 is 4.84 Å². The van der Waals surface area contributed by atoms with E-state index in [2.05, 4.69) is 22.1 Å². The van der Waals surface area contributed by atoms with Crippen molar-refractivity contribution in [3.05, 3.63) is 35.9 Å². The number of benzene rings is 1. The van der Waals surface area contributed by atoms with Crippen LogP contribution in [0, 0.1) is 0 Å². The van der Waals surface area contributed by atoms with Crippen molar-refractivity contribution in [2.24, 2.45) is 5.16 Å². The molecule has 1 aromatic rings. The third kappa shape index (κ3) is 2.74. The summed E-state index contributed by atoms with van der Waals surface area (Å²) < 4.78 is 0. The standard InChI is InChI=1S/C10H13NO/c1-9(11-12-2)8-10-6-4-3-5-7-10/h3-7H,8H2,1-2H3. The summed E-state index contributed by atoms with van der Waals surface area (Å²) in [5.74, 6) is 0. The molecule has 1 rings (SSSR count). The van der Waals surface area contributed by atoms with E-state index in [1.807, 2.05) is 25.1 Å². The van der Waals surface area contributed by atoms with Crippen LogP contribution in [0.1, 0.15) is 12.5 Å². The van der Waals surface area contributed by atoms with Gasteiger partial charge in [-0.25, -0.2) is 0 Å². The van der Waals surface area contributed by atoms with Crippen molar-refractivity contribution >= 4 is 5.71 Å². The Morgan fingerprint density at radius 1 is 1.33 bits per heavy atom. The molecular formula is C10H13NO. The molecule has 0 unspecified atom stereocenters. The summed E-state index contributed by atoms with van der Waals surface area (Å²) >= 11 is 0. The summed E-state index contributed by atoms with van der Waals surface area (Å²) in [5.41, 5.74) is 2.25. The van der Waals surface area contributed by atoms with Gasteiger partial charge >= 0.3 is 0 Å². The molecule has 0 spiro atoms. The molecule has 0 saturated carbocycles. The Labute approximate surface area is 72.9 Å². The number of rotatable bonds is 3. The molecule has 0 saturated heterocycles. The predicted octanol–water partition coefficient (Wildman–Crippen LogP) is 2.25. The topological polar surface area (TPSA) is 21.6 Å². The van der Waals surface area contributed by atoms with Gasteiger partial charge in [0.05, 0.1) is 5.71 Å². The normalized spacial score (nSPS) is 11.3. The van der Waals surface area contributed by atoms with Crippen LogP contribution in [0.2, 0.25) is 0 Å². The Hall–Kier alpha value is -1.31. The maximum Gasteiger partial charge on any atom is 0.106 e. The minimum atomic E-state index is 0.856. The zero-order valence-electron chi connectivity index (χ0n) is 7.45. The van der Waals surface area contributed by atoms with Gasteiger partial charge in [-0.3, -0.25) is 0 Å². The van der Waals surface area contributed by atoms with Crippen LogP contribution in [0.25, 0.3) is 0 Å². The quantitative estimate of drug-likeness (QED) is 0.494. The predicted molar refractivity (Wildman–Crippen MR) is 50.3 cm³/mol. The fraction of sp³-hybridized carbons (Fsp3) is 0.300. The van der Waals surface area contributed by atoms with Crippen LogP contribution in [-0.2, 0) is 11.3 Å². The Morgan fingerprint density at radius 2 is 2.00 bits per heavy atom. The SMILES string of the molecule is CON=C(C)Cc1ccccc1. The van der Waals surface area contributed by atoms with E-state index in [0.717, 1.165) is 12.1 Å². The van der Waals surface area contributed by atoms with E-state index in [-0.39, 0.29) is 0 Å². The van der Waals surface area contributed by atoms with Crippen LogP contribution < -0.4 is 0 Å². The molecule has 2 heteroatoms. The van der Waals surface area contributed by atoms with E-state index in [9.17, 15) is 0 Å². The summed E-state index contributed by atoms with van der Waals surface area (Å²) in [7, 11) is 1.56. The molecule has 0 aliphatic rings. The highest BCUT2D eigenvalue weighted by Crippen LogP contribution is 2.00.